The first-order chi connectivity index (χ1) is 9.08. The van der Waals surface area contributed by atoms with Crippen LogP contribution in [-0.4, -0.2) is 47.6 Å². The van der Waals surface area contributed by atoms with E-state index in [0.29, 0.717) is 31.7 Å². The molecule has 19 heavy (non-hydrogen) atoms. The molecule has 5 heteroatoms. The largest absolute Gasteiger partial charge is 0.481 e. The van der Waals surface area contributed by atoms with E-state index in [1.807, 2.05) is 11.8 Å². The molecule has 2 heterocycles. The summed E-state index contributed by atoms with van der Waals surface area (Å²) in [7, 11) is 0. The van der Waals surface area contributed by atoms with E-state index in [1.54, 1.807) is 0 Å². The minimum atomic E-state index is -0.726. The van der Waals surface area contributed by atoms with Gasteiger partial charge in [0, 0.05) is 19.0 Å². The van der Waals surface area contributed by atoms with Crippen molar-refractivity contribution in [2.24, 2.45) is 11.8 Å². The SMILES string of the molecule is CC1CC(C(=O)O)CCN1C(=O)CCC1CCNC1. The number of hydrogen-bond donors (Lipinski definition) is 2. The molecule has 0 spiro atoms. The monoisotopic (exact) mass is 268 g/mol. The first-order valence-electron chi connectivity index (χ1n) is 7.31. The van der Waals surface area contributed by atoms with Gasteiger partial charge in [-0.25, -0.2) is 0 Å². The van der Waals surface area contributed by atoms with Crippen LogP contribution < -0.4 is 5.32 Å². The van der Waals surface area contributed by atoms with Gasteiger partial charge in [0.1, 0.15) is 0 Å². The number of aliphatic carboxylic acids is 1. The quantitative estimate of drug-likeness (QED) is 0.800. The third kappa shape index (κ3) is 3.69. The first kappa shape index (κ1) is 14.3. The maximum atomic E-state index is 12.2. The highest BCUT2D eigenvalue weighted by Gasteiger charge is 2.32. The number of carbonyl (C=O) groups excluding carboxylic acids is 1. The summed E-state index contributed by atoms with van der Waals surface area (Å²) in [5, 5.41) is 12.3. The lowest BCUT2D eigenvalue weighted by Crippen LogP contribution is -2.46. The fourth-order valence-corrected chi connectivity index (χ4v) is 3.20. The molecule has 3 unspecified atom stereocenters. The zero-order valence-electron chi connectivity index (χ0n) is 11.6. The molecule has 0 aromatic rings. The van der Waals surface area contributed by atoms with Gasteiger partial charge < -0.3 is 15.3 Å². The van der Waals surface area contributed by atoms with Crippen LogP contribution in [0.5, 0.6) is 0 Å². The molecule has 0 saturated carbocycles. The van der Waals surface area contributed by atoms with Crippen LogP contribution in [0.15, 0.2) is 0 Å². The van der Waals surface area contributed by atoms with Gasteiger partial charge in [0.2, 0.25) is 5.91 Å². The van der Waals surface area contributed by atoms with Crippen molar-refractivity contribution in [2.75, 3.05) is 19.6 Å². The number of likely N-dealkylation sites (tertiary alicyclic amines) is 1. The minimum Gasteiger partial charge on any atom is -0.481 e. The van der Waals surface area contributed by atoms with E-state index >= 15 is 0 Å². The van der Waals surface area contributed by atoms with E-state index in [-0.39, 0.29) is 17.9 Å². The van der Waals surface area contributed by atoms with Crippen LogP contribution in [0.1, 0.15) is 39.0 Å². The van der Waals surface area contributed by atoms with Crippen LogP contribution in [0.25, 0.3) is 0 Å². The van der Waals surface area contributed by atoms with E-state index in [0.717, 1.165) is 19.5 Å². The van der Waals surface area contributed by atoms with Crippen LogP contribution in [-0.2, 0) is 9.59 Å². The normalized spacial score (nSPS) is 31.4. The highest BCUT2D eigenvalue weighted by Crippen LogP contribution is 2.24. The van der Waals surface area contributed by atoms with Gasteiger partial charge in [-0.1, -0.05) is 0 Å². The molecule has 108 valence electrons. The Labute approximate surface area is 114 Å². The highest BCUT2D eigenvalue weighted by atomic mass is 16.4. The average Bonchev–Trinajstić information content (AvgIpc) is 2.88. The second-order valence-corrected chi connectivity index (χ2v) is 5.89. The lowest BCUT2D eigenvalue weighted by atomic mass is 9.91. The molecule has 3 atom stereocenters. The van der Waals surface area contributed by atoms with Crippen molar-refractivity contribution in [1.29, 1.82) is 0 Å². The van der Waals surface area contributed by atoms with Gasteiger partial charge >= 0.3 is 5.97 Å². The molecule has 0 aromatic heterocycles. The number of nitrogens with one attached hydrogen (secondary N) is 1. The van der Waals surface area contributed by atoms with Crippen LogP contribution in [0.3, 0.4) is 0 Å². The van der Waals surface area contributed by atoms with E-state index in [9.17, 15) is 9.59 Å². The van der Waals surface area contributed by atoms with Gasteiger partial charge in [-0.2, -0.15) is 0 Å². The molecule has 2 aliphatic heterocycles. The van der Waals surface area contributed by atoms with Gasteiger partial charge in [0.15, 0.2) is 0 Å². The fourth-order valence-electron chi connectivity index (χ4n) is 3.20. The van der Waals surface area contributed by atoms with Crippen LogP contribution in [0.4, 0.5) is 0 Å². The van der Waals surface area contributed by atoms with Gasteiger partial charge in [0.25, 0.3) is 0 Å². The Morgan fingerprint density at radius 3 is 2.74 bits per heavy atom. The third-order valence-corrected chi connectivity index (χ3v) is 4.47. The minimum absolute atomic E-state index is 0.0593. The van der Waals surface area contributed by atoms with Crippen molar-refractivity contribution in [3.05, 3.63) is 0 Å². The summed E-state index contributed by atoms with van der Waals surface area (Å²) in [5.41, 5.74) is 0. The van der Waals surface area contributed by atoms with E-state index in [4.69, 9.17) is 5.11 Å². The van der Waals surface area contributed by atoms with Crippen LogP contribution in [0, 0.1) is 11.8 Å². The number of carbonyl (C=O) groups is 2. The Morgan fingerprint density at radius 2 is 2.16 bits per heavy atom. The Kier molecular flexibility index (Phi) is 4.80. The topological polar surface area (TPSA) is 69.6 Å². The summed E-state index contributed by atoms with van der Waals surface area (Å²) in [6, 6.07) is 0.0593. The number of amides is 1. The van der Waals surface area contributed by atoms with Crippen molar-refractivity contribution in [3.63, 3.8) is 0 Å². The Hall–Kier alpha value is -1.10. The highest BCUT2D eigenvalue weighted by molar-refractivity contribution is 5.77. The molecular weight excluding hydrogens is 244 g/mol. The number of hydrogen-bond acceptors (Lipinski definition) is 3. The Morgan fingerprint density at radius 1 is 1.37 bits per heavy atom. The molecule has 2 N–H and O–H groups in total. The Bertz CT molecular complexity index is 340. The zero-order valence-corrected chi connectivity index (χ0v) is 11.6. The number of rotatable bonds is 4. The van der Waals surface area contributed by atoms with Gasteiger partial charge in [-0.05, 0) is 51.6 Å². The molecule has 2 saturated heterocycles. The zero-order chi connectivity index (χ0) is 13.8. The second-order valence-electron chi connectivity index (χ2n) is 5.89. The van der Waals surface area contributed by atoms with Gasteiger partial charge in [-0.3, -0.25) is 9.59 Å². The molecule has 0 bridgehead atoms. The lowest BCUT2D eigenvalue weighted by molar-refractivity contribution is -0.147. The summed E-state index contributed by atoms with van der Waals surface area (Å²) in [6.07, 6.45) is 3.91. The van der Waals surface area contributed by atoms with Crippen molar-refractivity contribution in [2.45, 2.75) is 45.1 Å². The maximum absolute atomic E-state index is 12.2. The maximum Gasteiger partial charge on any atom is 0.306 e. The predicted octanol–water partition coefficient (Wildman–Crippen LogP) is 1.09. The lowest BCUT2D eigenvalue weighted by Gasteiger charge is -2.36. The molecule has 1 amide bonds. The standard InChI is InChI=1S/C14H24N2O3/c1-10-8-12(14(18)19)5-7-16(10)13(17)3-2-11-4-6-15-9-11/h10-12,15H,2-9H2,1H3,(H,18,19). The summed E-state index contributed by atoms with van der Waals surface area (Å²) < 4.78 is 0. The number of carboxylic acid groups (broad SMARTS) is 1. The predicted molar refractivity (Wildman–Crippen MR) is 71.7 cm³/mol. The van der Waals surface area contributed by atoms with Crippen LogP contribution >= 0.6 is 0 Å². The van der Waals surface area contributed by atoms with Crippen molar-refractivity contribution in [3.8, 4) is 0 Å². The summed E-state index contributed by atoms with van der Waals surface area (Å²) in [5.74, 6) is -0.173. The van der Waals surface area contributed by atoms with Crippen molar-refractivity contribution < 1.29 is 14.7 Å². The van der Waals surface area contributed by atoms with Crippen LogP contribution in [0.2, 0.25) is 0 Å². The second kappa shape index (κ2) is 6.37. The molecule has 5 nitrogen and oxygen atoms in total. The first-order valence-corrected chi connectivity index (χ1v) is 7.31. The molecule has 2 fully saturated rings. The molecular formula is C14H24N2O3. The summed E-state index contributed by atoms with van der Waals surface area (Å²) >= 11 is 0. The van der Waals surface area contributed by atoms with Crippen molar-refractivity contribution >= 4 is 11.9 Å². The van der Waals surface area contributed by atoms with Gasteiger partial charge in [-0.15, -0.1) is 0 Å². The molecule has 0 radical (unpaired) electrons. The van der Waals surface area contributed by atoms with Crippen molar-refractivity contribution in [1.82, 2.24) is 10.2 Å². The van der Waals surface area contributed by atoms with E-state index in [1.165, 1.54) is 6.42 Å². The fraction of sp³-hybridized carbons (Fsp3) is 0.857. The smallest absolute Gasteiger partial charge is 0.306 e. The molecule has 2 rings (SSSR count). The molecule has 0 aliphatic carbocycles. The number of piperidine rings is 1. The summed E-state index contributed by atoms with van der Waals surface area (Å²) in [4.78, 5) is 25.0. The molecule has 0 aromatic carbocycles. The average molecular weight is 268 g/mol. The third-order valence-electron chi connectivity index (χ3n) is 4.47. The molecule has 2 aliphatic rings. The van der Waals surface area contributed by atoms with Gasteiger partial charge in [0.05, 0.1) is 5.92 Å². The number of nitrogens with zero attached hydrogens (tertiary/aromatic N) is 1. The van der Waals surface area contributed by atoms with E-state index in [2.05, 4.69) is 5.32 Å². The Balaban J connectivity index is 1.77. The van der Waals surface area contributed by atoms with E-state index < -0.39 is 5.97 Å². The summed E-state index contributed by atoms with van der Waals surface area (Å²) in [6.45, 7) is 4.66. The number of carboxylic acids is 1.